The molecule has 3 N–H and O–H groups in total. The van der Waals surface area contributed by atoms with Crippen molar-refractivity contribution in [2.75, 3.05) is 13.1 Å². The van der Waals surface area contributed by atoms with Gasteiger partial charge < -0.3 is 19.6 Å². The molecule has 3 fully saturated rings. The Labute approximate surface area is 259 Å². The molecule has 230 valence electrons. The summed E-state index contributed by atoms with van der Waals surface area (Å²) in [5, 5.41) is 25.0. The van der Waals surface area contributed by atoms with Gasteiger partial charge >= 0.3 is 0 Å². The zero-order chi connectivity index (χ0) is 30.1. The number of ketones is 1. The summed E-state index contributed by atoms with van der Waals surface area (Å²) in [6.07, 6.45) is 15.2. The molecule has 0 amide bonds. The molecule has 2 bridgehead atoms. The number of nitrogens with one attached hydrogen (secondary N) is 1. The predicted octanol–water partition coefficient (Wildman–Crippen LogP) is 6.59. The van der Waals surface area contributed by atoms with Crippen molar-refractivity contribution in [1.29, 1.82) is 0 Å². The van der Waals surface area contributed by atoms with Gasteiger partial charge in [-0.3, -0.25) is 9.69 Å². The van der Waals surface area contributed by atoms with Gasteiger partial charge in [-0.25, -0.2) is 0 Å². The molecule has 1 aliphatic heterocycles. The molecule has 3 heterocycles. The minimum Gasteiger partial charge on any atom is -0.461 e. The van der Waals surface area contributed by atoms with E-state index in [0.29, 0.717) is 18.7 Å². The maximum atomic E-state index is 14.4. The summed E-state index contributed by atoms with van der Waals surface area (Å²) in [6.45, 7) is 7.18. The van der Waals surface area contributed by atoms with Crippen LogP contribution in [0.1, 0.15) is 80.6 Å². The van der Waals surface area contributed by atoms with E-state index in [1.54, 1.807) is 18.4 Å². The maximum Gasteiger partial charge on any atom is 0.224 e. The van der Waals surface area contributed by atoms with Crippen LogP contribution in [0.4, 0.5) is 0 Å². The highest BCUT2D eigenvalue weighted by Gasteiger charge is 2.74. The van der Waals surface area contributed by atoms with Gasteiger partial charge in [0, 0.05) is 58.0 Å². The first-order valence-electron chi connectivity index (χ1n) is 16.9. The van der Waals surface area contributed by atoms with E-state index in [2.05, 4.69) is 66.2 Å². The number of allylic oxidation sites excluding steroid dienone is 4. The third kappa shape index (κ3) is 3.25. The minimum absolute atomic E-state index is 0.0205. The lowest BCUT2D eigenvalue weighted by Gasteiger charge is -2.71. The first-order chi connectivity index (χ1) is 21.1. The van der Waals surface area contributed by atoms with E-state index < -0.39 is 11.0 Å². The van der Waals surface area contributed by atoms with Crippen molar-refractivity contribution in [2.24, 2.45) is 33.5 Å². The third-order valence-corrected chi connectivity index (χ3v) is 14.1. The van der Waals surface area contributed by atoms with Crippen LogP contribution in [-0.4, -0.2) is 50.7 Å². The zero-order valence-electron chi connectivity index (χ0n) is 25.9. The number of H-pyrrole nitrogens is 1. The van der Waals surface area contributed by atoms with Crippen molar-refractivity contribution in [2.45, 2.75) is 83.5 Å². The first kappa shape index (κ1) is 27.4. The van der Waals surface area contributed by atoms with Crippen LogP contribution in [0.5, 0.6) is 0 Å². The first-order valence-corrected chi connectivity index (χ1v) is 16.9. The van der Waals surface area contributed by atoms with E-state index in [1.807, 2.05) is 0 Å². The fraction of sp³-hybridized carbons (Fsp3) is 0.553. The fourth-order valence-electron chi connectivity index (χ4n) is 11.9. The van der Waals surface area contributed by atoms with Crippen molar-refractivity contribution in [3.05, 3.63) is 83.5 Å². The molecule has 6 aliphatic carbocycles. The minimum atomic E-state index is -0.844. The van der Waals surface area contributed by atoms with Gasteiger partial charge in [0.05, 0.1) is 18.0 Å². The van der Waals surface area contributed by atoms with Gasteiger partial charge in [0.25, 0.3) is 0 Å². The summed E-state index contributed by atoms with van der Waals surface area (Å²) < 4.78 is 5.72. The number of β-amino-alcohol motifs (C(OH)–C–C–N with tert-alkyl or cyclic N) is 1. The summed E-state index contributed by atoms with van der Waals surface area (Å²) in [7, 11) is 0. The van der Waals surface area contributed by atoms with Gasteiger partial charge in [-0.15, -0.1) is 0 Å². The van der Waals surface area contributed by atoms with E-state index in [9.17, 15) is 15.0 Å². The second-order valence-electron chi connectivity index (χ2n) is 15.7. The molecular weight excluding hydrogens is 548 g/mol. The Morgan fingerprint density at radius 3 is 2.66 bits per heavy atom. The van der Waals surface area contributed by atoms with E-state index in [0.717, 1.165) is 63.6 Å². The van der Waals surface area contributed by atoms with Crippen molar-refractivity contribution in [1.82, 2.24) is 9.88 Å². The highest BCUT2D eigenvalue weighted by molar-refractivity contribution is 6.08. The summed E-state index contributed by atoms with van der Waals surface area (Å²) in [6, 6.07) is 12.2. The molecule has 2 aromatic heterocycles. The maximum absolute atomic E-state index is 14.4. The number of Topliss-reactive ketones (excluding diaryl/α,β-unsaturated/α-hetero) is 1. The number of nitrogens with zero attached hydrogens (tertiary/aromatic N) is 1. The lowest BCUT2D eigenvalue weighted by Crippen LogP contribution is -2.67. The normalized spacial score (nSPS) is 42.5. The van der Waals surface area contributed by atoms with Crippen LogP contribution in [0.3, 0.4) is 0 Å². The van der Waals surface area contributed by atoms with Crippen LogP contribution in [0.25, 0.3) is 10.9 Å². The van der Waals surface area contributed by atoms with Crippen molar-refractivity contribution < 1.29 is 19.4 Å². The van der Waals surface area contributed by atoms with Crippen LogP contribution in [0, 0.1) is 33.5 Å². The van der Waals surface area contributed by atoms with E-state index >= 15 is 0 Å². The average molecular weight is 593 g/mol. The lowest BCUT2D eigenvalue weighted by atomic mass is 9.32. The molecule has 0 radical (unpaired) electrons. The van der Waals surface area contributed by atoms with Crippen LogP contribution in [-0.2, 0) is 13.0 Å². The van der Waals surface area contributed by atoms with Gasteiger partial charge in [-0.05, 0) is 92.4 Å². The number of aromatic nitrogens is 1. The molecule has 6 heteroatoms. The number of aromatic amines is 1. The third-order valence-electron chi connectivity index (χ3n) is 14.1. The van der Waals surface area contributed by atoms with Gasteiger partial charge in [0.1, 0.15) is 0 Å². The number of fused-ring (bicyclic) bond motifs is 4. The second-order valence-corrected chi connectivity index (χ2v) is 15.7. The molecule has 2 spiro atoms. The number of rotatable bonds is 4. The summed E-state index contributed by atoms with van der Waals surface area (Å²) in [5.74, 6) is 0.807. The molecule has 44 heavy (non-hydrogen) atoms. The standard InChI is InChI=1S/C38H44N2O4/c1-34-13-9-24(41)20-36(34)16-17-38(27(21-36)33(42)30-8-5-19-44-30)31(34)10-14-35(2)32(38)11-15-37(35,43)23-40-18-12-26-25-6-3-4-7-28(25)39-29(26)22-40/h3-8,16-17,19,21,24,31-32,39,41,43H,9-15,18,20,22-23H2,1-2H3/t24?,31-,32-,34-,35+,36+,37-,38-/m1/s1. The predicted molar refractivity (Wildman–Crippen MR) is 169 cm³/mol. The van der Waals surface area contributed by atoms with Crippen LogP contribution in [0.2, 0.25) is 0 Å². The van der Waals surface area contributed by atoms with Crippen LogP contribution >= 0.6 is 0 Å². The monoisotopic (exact) mass is 592 g/mol. The number of carbonyl (C=O) groups excluding carboxylic acids is 1. The molecule has 7 aliphatic rings. The Hall–Kier alpha value is -2.93. The van der Waals surface area contributed by atoms with E-state index in [-0.39, 0.29) is 40.0 Å². The molecule has 1 unspecified atom stereocenters. The summed E-state index contributed by atoms with van der Waals surface area (Å²) >= 11 is 0. The van der Waals surface area contributed by atoms with E-state index in [1.165, 1.54) is 22.2 Å². The van der Waals surface area contributed by atoms with E-state index in [4.69, 9.17) is 4.42 Å². The van der Waals surface area contributed by atoms with Gasteiger partial charge in [0.2, 0.25) is 5.78 Å². The summed E-state index contributed by atoms with van der Waals surface area (Å²) in [5.41, 5.74) is 2.76. The van der Waals surface area contributed by atoms with Crippen molar-refractivity contribution >= 4 is 16.7 Å². The molecule has 0 saturated heterocycles. The largest absolute Gasteiger partial charge is 0.461 e. The smallest absolute Gasteiger partial charge is 0.224 e. The molecule has 3 saturated carbocycles. The van der Waals surface area contributed by atoms with Crippen LogP contribution in [0.15, 0.2) is 70.9 Å². The van der Waals surface area contributed by atoms with Gasteiger partial charge in [0.15, 0.2) is 5.76 Å². The Morgan fingerprint density at radius 1 is 1.02 bits per heavy atom. The molecule has 1 aromatic carbocycles. The highest BCUT2D eigenvalue weighted by atomic mass is 16.3. The number of furan rings is 1. The second kappa shape index (κ2) is 8.86. The SMILES string of the molecule is C[C@]12CC[C@H]3[C@]4(C=C[C@@]5(C=C4C(=O)c4ccco4)CC(O)CC[C@]35C)[C@@H]1CC[C@@]2(O)CN1CCc2c([nH]c3ccccc23)C1. The number of aliphatic hydroxyl groups is 2. The Morgan fingerprint density at radius 2 is 1.82 bits per heavy atom. The Kier molecular flexibility index (Phi) is 5.52. The number of para-hydroxylation sites is 1. The lowest BCUT2D eigenvalue weighted by molar-refractivity contribution is -0.176. The van der Waals surface area contributed by atoms with Crippen molar-refractivity contribution in [3.63, 3.8) is 0 Å². The number of hydrogen-bond acceptors (Lipinski definition) is 5. The molecule has 3 aromatic rings. The van der Waals surface area contributed by atoms with Gasteiger partial charge in [-0.1, -0.05) is 50.3 Å². The zero-order valence-corrected chi connectivity index (χ0v) is 25.9. The average Bonchev–Trinajstić information content (AvgIpc) is 3.73. The molecule has 10 rings (SSSR count). The molecule has 8 atom stereocenters. The van der Waals surface area contributed by atoms with Crippen LogP contribution < -0.4 is 0 Å². The fourth-order valence-corrected chi connectivity index (χ4v) is 11.9. The quantitative estimate of drug-likeness (QED) is 0.235. The van der Waals surface area contributed by atoms with Crippen molar-refractivity contribution in [3.8, 4) is 0 Å². The number of aliphatic hydroxyl groups excluding tert-OH is 1. The topological polar surface area (TPSA) is 89.7 Å². The Bertz CT molecular complexity index is 1740. The van der Waals surface area contributed by atoms with Gasteiger partial charge in [-0.2, -0.15) is 0 Å². The highest BCUT2D eigenvalue weighted by Crippen LogP contribution is 2.78. The summed E-state index contributed by atoms with van der Waals surface area (Å²) in [4.78, 5) is 20.5. The number of benzene rings is 1. The molecule has 6 nitrogen and oxygen atoms in total. The number of hydrogen-bond donors (Lipinski definition) is 3. The number of carbonyl (C=O) groups is 1. The Balaban J connectivity index is 1.10. The molecular formula is C38H44N2O4.